The van der Waals surface area contributed by atoms with Gasteiger partial charge in [-0.3, -0.25) is 4.79 Å². The van der Waals surface area contributed by atoms with Gasteiger partial charge in [0.1, 0.15) is 17.7 Å². The van der Waals surface area contributed by atoms with E-state index in [1.807, 2.05) is 6.07 Å². The van der Waals surface area contributed by atoms with Crippen LogP contribution in [0.5, 0.6) is 0 Å². The number of rotatable bonds is 3. The summed E-state index contributed by atoms with van der Waals surface area (Å²) in [5.74, 6) is -1.14. The van der Waals surface area contributed by atoms with Crippen LogP contribution >= 0.6 is 0 Å². The second kappa shape index (κ2) is 6.96. The molecule has 28 heavy (non-hydrogen) atoms. The van der Waals surface area contributed by atoms with Crippen molar-refractivity contribution in [3.8, 4) is 6.07 Å². The number of fused-ring (bicyclic) bond motifs is 1. The number of pyridine rings is 2. The first-order chi connectivity index (χ1) is 13.1. The molecule has 144 valence electrons. The van der Waals surface area contributed by atoms with Crippen LogP contribution in [0.3, 0.4) is 0 Å². The summed E-state index contributed by atoms with van der Waals surface area (Å²) in [5.41, 5.74) is -1.38. The summed E-state index contributed by atoms with van der Waals surface area (Å²) >= 11 is 0. The number of halogens is 4. The summed E-state index contributed by atoms with van der Waals surface area (Å²) in [4.78, 5) is 16.0. The number of hydrogen-bond acceptors (Lipinski definition) is 4. The molecule has 1 atom stereocenters. The van der Waals surface area contributed by atoms with Crippen LogP contribution in [0.4, 0.5) is 23.4 Å². The molecule has 0 aliphatic carbocycles. The second-order valence-electron chi connectivity index (χ2n) is 6.20. The molecular weight excluding hydrogens is 376 g/mol. The van der Waals surface area contributed by atoms with Crippen LogP contribution in [0.15, 0.2) is 41.3 Å². The van der Waals surface area contributed by atoms with E-state index in [0.29, 0.717) is 17.0 Å². The van der Waals surface area contributed by atoms with Gasteiger partial charge < -0.3 is 9.88 Å². The Kier molecular flexibility index (Phi) is 4.81. The van der Waals surface area contributed by atoms with Gasteiger partial charge in [0.05, 0.1) is 22.7 Å². The SMILES string of the molecule is C[C@@H](Nc1ncc(C#N)c2c1ccc(=O)n2C)c1cccc(C(F)(F)F)c1F. The average Bonchev–Trinajstić information content (AvgIpc) is 2.64. The molecule has 0 aliphatic rings. The van der Waals surface area contributed by atoms with Crippen molar-refractivity contribution in [2.24, 2.45) is 7.05 Å². The fraction of sp³-hybridized carbons (Fsp3) is 0.211. The average molecular weight is 390 g/mol. The highest BCUT2D eigenvalue weighted by molar-refractivity contribution is 5.93. The van der Waals surface area contributed by atoms with E-state index in [-0.39, 0.29) is 22.5 Å². The van der Waals surface area contributed by atoms with Crippen molar-refractivity contribution in [2.45, 2.75) is 19.1 Å². The number of aryl methyl sites for hydroxylation is 1. The maximum atomic E-state index is 14.4. The molecule has 3 rings (SSSR count). The van der Waals surface area contributed by atoms with E-state index in [1.54, 1.807) is 0 Å². The molecular formula is C19H14F4N4O. The third-order valence-corrected chi connectivity index (χ3v) is 4.42. The predicted molar refractivity (Wildman–Crippen MR) is 95.1 cm³/mol. The molecule has 5 nitrogen and oxygen atoms in total. The van der Waals surface area contributed by atoms with Gasteiger partial charge in [-0.2, -0.15) is 18.4 Å². The molecule has 3 aromatic rings. The fourth-order valence-electron chi connectivity index (χ4n) is 3.00. The van der Waals surface area contributed by atoms with E-state index < -0.39 is 23.6 Å². The Labute approximate surface area is 156 Å². The zero-order chi connectivity index (χ0) is 20.6. The van der Waals surface area contributed by atoms with Gasteiger partial charge in [0.2, 0.25) is 0 Å². The second-order valence-corrected chi connectivity index (χ2v) is 6.20. The zero-order valence-corrected chi connectivity index (χ0v) is 14.8. The van der Waals surface area contributed by atoms with Gasteiger partial charge in [0.15, 0.2) is 0 Å². The largest absolute Gasteiger partial charge is 0.419 e. The lowest BCUT2D eigenvalue weighted by atomic mass is 10.0. The molecule has 0 radical (unpaired) electrons. The number of aromatic nitrogens is 2. The van der Waals surface area contributed by atoms with Gasteiger partial charge in [-0.05, 0) is 19.1 Å². The summed E-state index contributed by atoms with van der Waals surface area (Å²) in [5, 5.41) is 12.6. The Balaban J connectivity index is 2.09. The van der Waals surface area contributed by atoms with Crippen LogP contribution in [0.2, 0.25) is 0 Å². The summed E-state index contributed by atoms with van der Waals surface area (Å²) in [7, 11) is 1.49. The molecule has 0 aliphatic heterocycles. The summed E-state index contributed by atoms with van der Waals surface area (Å²) < 4.78 is 54.5. The minimum Gasteiger partial charge on any atom is -0.363 e. The smallest absolute Gasteiger partial charge is 0.363 e. The van der Waals surface area contributed by atoms with E-state index in [9.17, 15) is 27.6 Å². The number of alkyl halides is 3. The van der Waals surface area contributed by atoms with Crippen molar-refractivity contribution >= 4 is 16.7 Å². The van der Waals surface area contributed by atoms with Crippen LogP contribution in [-0.2, 0) is 13.2 Å². The maximum absolute atomic E-state index is 14.4. The van der Waals surface area contributed by atoms with Gasteiger partial charge in [0, 0.05) is 30.3 Å². The molecule has 0 unspecified atom stereocenters. The van der Waals surface area contributed by atoms with Crippen molar-refractivity contribution in [2.75, 3.05) is 5.32 Å². The zero-order valence-electron chi connectivity index (χ0n) is 14.8. The quantitative estimate of drug-likeness (QED) is 0.683. The Morgan fingerprint density at radius 3 is 2.61 bits per heavy atom. The Bertz CT molecular complexity index is 1160. The van der Waals surface area contributed by atoms with E-state index in [0.717, 1.165) is 6.07 Å². The van der Waals surface area contributed by atoms with Crippen molar-refractivity contribution in [1.29, 1.82) is 5.26 Å². The number of nitrogens with one attached hydrogen (secondary N) is 1. The summed E-state index contributed by atoms with van der Waals surface area (Å²) in [6.45, 7) is 1.49. The molecule has 2 heterocycles. The number of nitriles is 1. The van der Waals surface area contributed by atoms with Gasteiger partial charge in [-0.15, -0.1) is 0 Å². The van der Waals surface area contributed by atoms with Crippen LogP contribution in [-0.4, -0.2) is 9.55 Å². The van der Waals surface area contributed by atoms with Crippen LogP contribution < -0.4 is 10.9 Å². The lowest BCUT2D eigenvalue weighted by Crippen LogP contribution is -2.18. The molecule has 0 amide bonds. The van der Waals surface area contributed by atoms with Crippen LogP contribution in [0.1, 0.15) is 29.7 Å². The van der Waals surface area contributed by atoms with Crippen molar-refractivity contribution < 1.29 is 17.6 Å². The highest BCUT2D eigenvalue weighted by atomic mass is 19.4. The summed E-state index contributed by atoms with van der Waals surface area (Å²) in [6, 6.07) is 6.90. The number of hydrogen-bond donors (Lipinski definition) is 1. The monoisotopic (exact) mass is 390 g/mol. The van der Waals surface area contributed by atoms with Gasteiger partial charge >= 0.3 is 6.18 Å². The standard InChI is InChI=1S/C19H14F4N4O/c1-10(12-4-3-5-14(16(12)20)19(21,22)23)26-18-13-6-7-15(28)27(2)17(13)11(8-24)9-25-18/h3-7,9-10H,1-2H3,(H,25,26)/t10-/m1/s1. The maximum Gasteiger partial charge on any atom is 0.419 e. The van der Waals surface area contributed by atoms with Crippen molar-refractivity contribution in [1.82, 2.24) is 9.55 Å². The Hall–Kier alpha value is -3.41. The minimum absolute atomic E-state index is 0.165. The topological polar surface area (TPSA) is 70.7 Å². The minimum atomic E-state index is -4.81. The molecule has 1 N–H and O–H groups in total. The van der Waals surface area contributed by atoms with Crippen LogP contribution in [0, 0.1) is 17.1 Å². The molecule has 2 aromatic heterocycles. The molecule has 0 saturated heterocycles. The van der Waals surface area contributed by atoms with Crippen LogP contribution in [0.25, 0.3) is 10.9 Å². The molecule has 9 heteroatoms. The van der Waals surface area contributed by atoms with Gasteiger partial charge in [-0.1, -0.05) is 12.1 Å². The Morgan fingerprint density at radius 1 is 1.25 bits per heavy atom. The van der Waals surface area contributed by atoms with Crippen molar-refractivity contribution in [3.05, 3.63) is 69.4 Å². The molecule has 0 bridgehead atoms. The predicted octanol–water partition coefficient (Wildman–Crippen LogP) is 4.14. The first-order valence-electron chi connectivity index (χ1n) is 8.16. The Morgan fingerprint density at radius 2 is 1.96 bits per heavy atom. The first kappa shape index (κ1) is 19.4. The molecule has 0 fully saturated rings. The number of anilines is 1. The normalized spacial score (nSPS) is 12.6. The van der Waals surface area contributed by atoms with Gasteiger partial charge in [-0.25, -0.2) is 9.37 Å². The number of nitrogens with zero attached hydrogens (tertiary/aromatic N) is 3. The van der Waals surface area contributed by atoms with E-state index >= 15 is 0 Å². The number of benzene rings is 1. The first-order valence-corrected chi connectivity index (χ1v) is 8.16. The van der Waals surface area contributed by atoms with Crippen molar-refractivity contribution in [3.63, 3.8) is 0 Å². The molecule has 1 aromatic carbocycles. The van der Waals surface area contributed by atoms with E-state index in [2.05, 4.69) is 10.3 Å². The van der Waals surface area contributed by atoms with E-state index in [1.165, 1.54) is 42.9 Å². The third kappa shape index (κ3) is 3.29. The highest BCUT2D eigenvalue weighted by Crippen LogP contribution is 2.35. The lowest BCUT2D eigenvalue weighted by Gasteiger charge is -2.19. The van der Waals surface area contributed by atoms with E-state index in [4.69, 9.17) is 0 Å². The highest BCUT2D eigenvalue weighted by Gasteiger charge is 2.35. The molecule has 0 saturated carbocycles. The molecule has 0 spiro atoms. The van der Waals surface area contributed by atoms with Gasteiger partial charge in [0.25, 0.3) is 5.56 Å². The third-order valence-electron chi connectivity index (χ3n) is 4.42. The fourth-order valence-corrected chi connectivity index (χ4v) is 3.00. The lowest BCUT2D eigenvalue weighted by molar-refractivity contribution is -0.140. The summed E-state index contributed by atoms with van der Waals surface area (Å²) in [6.07, 6.45) is -3.56.